The number of imide groups is 1. The van der Waals surface area contributed by atoms with E-state index in [1.165, 1.54) is 25.1 Å². The summed E-state index contributed by atoms with van der Waals surface area (Å²) in [6, 6.07) is 14.0. The Morgan fingerprint density at radius 1 is 1.07 bits per heavy atom. The molecule has 2 aliphatic heterocycles. The van der Waals surface area contributed by atoms with Crippen molar-refractivity contribution >= 4 is 23.5 Å². The Hall–Kier alpha value is -4.32. The molecule has 45 heavy (non-hydrogen) atoms. The summed E-state index contributed by atoms with van der Waals surface area (Å²) in [4.78, 5) is 40.3. The van der Waals surface area contributed by atoms with Crippen LogP contribution in [0, 0.1) is 25.6 Å². The van der Waals surface area contributed by atoms with Gasteiger partial charge in [-0.25, -0.2) is 9.18 Å². The van der Waals surface area contributed by atoms with Crippen LogP contribution in [0.3, 0.4) is 0 Å². The Bertz CT molecular complexity index is 1630. The zero-order valence-corrected chi connectivity index (χ0v) is 26.1. The van der Waals surface area contributed by atoms with E-state index in [0.29, 0.717) is 35.6 Å². The van der Waals surface area contributed by atoms with E-state index >= 15 is 4.39 Å². The summed E-state index contributed by atoms with van der Waals surface area (Å²) in [5.41, 5.74) is 5.88. The zero-order valence-electron chi connectivity index (χ0n) is 26.1. The van der Waals surface area contributed by atoms with E-state index in [4.69, 9.17) is 9.47 Å². The fourth-order valence-electron chi connectivity index (χ4n) is 6.05. The average molecular weight is 619 g/mol. The van der Waals surface area contributed by atoms with Gasteiger partial charge >= 0.3 is 6.03 Å². The van der Waals surface area contributed by atoms with Gasteiger partial charge in [0.25, 0.3) is 0 Å². The van der Waals surface area contributed by atoms with Crippen LogP contribution in [0.2, 0.25) is 0 Å². The van der Waals surface area contributed by atoms with Crippen LogP contribution in [0.25, 0.3) is 22.3 Å². The molecule has 0 aliphatic carbocycles. The maximum absolute atomic E-state index is 15.6. The van der Waals surface area contributed by atoms with Gasteiger partial charge in [-0.1, -0.05) is 30.3 Å². The lowest BCUT2D eigenvalue weighted by Crippen LogP contribution is -2.56. The van der Waals surface area contributed by atoms with Crippen LogP contribution in [0.5, 0.6) is 5.75 Å². The van der Waals surface area contributed by atoms with Crippen LogP contribution in [-0.4, -0.2) is 85.9 Å². The molecule has 10 nitrogen and oxygen atoms in total. The molecule has 11 heteroatoms. The van der Waals surface area contributed by atoms with Gasteiger partial charge in [0, 0.05) is 51.1 Å². The number of hydrogen-bond donors (Lipinski definition) is 3. The SMILES string of the molecule is COc1cc(-c2cccc(-c3cccc(NC(=O)C4CN(C)C(=O)N(C)C4=O)c3C)c2C)cc(F)c1CN[C@@H]1CCOC[C@H]1O. The van der Waals surface area contributed by atoms with E-state index in [1.807, 2.05) is 50.2 Å². The number of amides is 4. The fraction of sp³-hybridized carbons (Fsp3) is 0.382. The number of nitrogens with zero attached hydrogens (tertiary/aromatic N) is 2. The molecule has 1 unspecified atom stereocenters. The van der Waals surface area contributed by atoms with Gasteiger partial charge in [-0.05, 0) is 71.8 Å². The molecule has 2 heterocycles. The van der Waals surface area contributed by atoms with Gasteiger partial charge in [-0.3, -0.25) is 14.5 Å². The van der Waals surface area contributed by atoms with Crippen LogP contribution in [0.1, 0.15) is 23.1 Å². The summed E-state index contributed by atoms with van der Waals surface area (Å²) < 4.78 is 26.5. The van der Waals surface area contributed by atoms with Crippen molar-refractivity contribution in [2.45, 2.75) is 39.0 Å². The lowest BCUT2D eigenvalue weighted by atomic mass is 9.90. The van der Waals surface area contributed by atoms with Crippen molar-refractivity contribution in [2.24, 2.45) is 5.92 Å². The number of halogens is 1. The molecule has 4 amide bonds. The molecule has 0 radical (unpaired) electrons. The molecule has 0 aromatic heterocycles. The number of benzene rings is 3. The van der Waals surface area contributed by atoms with Crippen molar-refractivity contribution < 1.29 is 33.4 Å². The number of ether oxygens (including phenoxy) is 2. The van der Waals surface area contributed by atoms with E-state index in [2.05, 4.69) is 10.6 Å². The second-order valence-corrected chi connectivity index (χ2v) is 11.6. The highest BCUT2D eigenvalue weighted by atomic mass is 19.1. The van der Waals surface area contributed by atoms with Gasteiger partial charge in [0.05, 0.1) is 19.8 Å². The molecule has 2 saturated heterocycles. The highest BCUT2D eigenvalue weighted by Gasteiger charge is 2.39. The standard InChI is InChI=1S/C34H39FN4O6/c1-19-22(21-14-27(35)25(31(15-21)44-5)16-36-29-12-13-45-18-30(29)40)8-6-9-23(19)24-10-7-11-28(20(24)2)37-32(41)26-17-38(3)34(43)39(4)33(26)42/h6-11,14-15,26,29-30,36,40H,12-13,16-18H2,1-5H3,(H,37,41)/t26?,29-,30-/m1/s1. The summed E-state index contributed by atoms with van der Waals surface area (Å²) >= 11 is 0. The van der Waals surface area contributed by atoms with Crippen molar-refractivity contribution in [2.75, 3.05) is 46.3 Å². The van der Waals surface area contributed by atoms with Crippen LogP contribution >= 0.6 is 0 Å². The Labute approximate surface area is 262 Å². The second-order valence-electron chi connectivity index (χ2n) is 11.6. The minimum Gasteiger partial charge on any atom is -0.496 e. The number of rotatable bonds is 8. The largest absolute Gasteiger partial charge is 0.496 e. The maximum atomic E-state index is 15.6. The Balaban J connectivity index is 1.41. The smallest absolute Gasteiger partial charge is 0.326 e. The van der Waals surface area contributed by atoms with E-state index in [0.717, 1.165) is 32.7 Å². The minimum absolute atomic E-state index is 0.000100. The number of carbonyl (C=O) groups is 3. The Kier molecular flexibility index (Phi) is 9.52. The van der Waals surface area contributed by atoms with Gasteiger partial charge in [0.15, 0.2) is 0 Å². The van der Waals surface area contributed by atoms with Crippen molar-refractivity contribution in [3.63, 3.8) is 0 Å². The van der Waals surface area contributed by atoms with Gasteiger partial charge < -0.3 is 30.1 Å². The highest BCUT2D eigenvalue weighted by Crippen LogP contribution is 2.38. The number of anilines is 1. The first-order valence-corrected chi connectivity index (χ1v) is 14.9. The van der Waals surface area contributed by atoms with E-state index in [9.17, 15) is 19.5 Å². The predicted molar refractivity (Wildman–Crippen MR) is 168 cm³/mol. The number of nitrogens with one attached hydrogen (secondary N) is 2. The molecular weight excluding hydrogens is 579 g/mol. The molecule has 0 saturated carbocycles. The van der Waals surface area contributed by atoms with Crippen molar-refractivity contribution in [1.82, 2.24) is 15.1 Å². The number of urea groups is 1. The van der Waals surface area contributed by atoms with Gasteiger partial charge in [-0.2, -0.15) is 0 Å². The van der Waals surface area contributed by atoms with Gasteiger partial charge in [0.2, 0.25) is 11.8 Å². The average Bonchev–Trinajstić information content (AvgIpc) is 3.02. The Morgan fingerprint density at radius 2 is 1.76 bits per heavy atom. The molecule has 3 aromatic rings. The molecule has 238 valence electrons. The number of aliphatic hydroxyl groups is 1. The third-order valence-electron chi connectivity index (χ3n) is 8.78. The summed E-state index contributed by atoms with van der Waals surface area (Å²) in [6.07, 6.45) is -0.0231. The number of aliphatic hydroxyl groups excluding tert-OH is 1. The summed E-state index contributed by atoms with van der Waals surface area (Å²) in [7, 11) is 4.43. The van der Waals surface area contributed by atoms with Crippen molar-refractivity contribution in [1.29, 1.82) is 0 Å². The highest BCUT2D eigenvalue weighted by molar-refractivity contribution is 6.12. The lowest BCUT2D eigenvalue weighted by molar-refractivity contribution is -0.140. The third-order valence-corrected chi connectivity index (χ3v) is 8.78. The molecule has 3 N–H and O–H groups in total. The van der Waals surface area contributed by atoms with Gasteiger partial charge in [-0.15, -0.1) is 0 Å². The van der Waals surface area contributed by atoms with Crippen LogP contribution in [-0.2, 0) is 20.9 Å². The van der Waals surface area contributed by atoms with Crippen LogP contribution in [0.4, 0.5) is 14.9 Å². The molecule has 0 spiro atoms. The van der Waals surface area contributed by atoms with E-state index in [1.54, 1.807) is 13.1 Å². The van der Waals surface area contributed by atoms with E-state index < -0.39 is 35.7 Å². The number of methoxy groups -OCH3 is 1. The van der Waals surface area contributed by atoms with Crippen LogP contribution in [0.15, 0.2) is 48.5 Å². The maximum Gasteiger partial charge on any atom is 0.326 e. The number of carbonyl (C=O) groups excluding carboxylic acids is 3. The van der Waals surface area contributed by atoms with Crippen molar-refractivity contribution in [3.8, 4) is 28.0 Å². The van der Waals surface area contributed by atoms with Gasteiger partial charge in [0.1, 0.15) is 17.5 Å². The molecular formula is C34H39FN4O6. The Morgan fingerprint density at radius 3 is 2.47 bits per heavy atom. The molecule has 2 fully saturated rings. The fourth-order valence-corrected chi connectivity index (χ4v) is 6.05. The topological polar surface area (TPSA) is 120 Å². The monoisotopic (exact) mass is 618 g/mol. The molecule has 3 atom stereocenters. The normalized spacial score (nSPS) is 20.4. The minimum atomic E-state index is -1.02. The quantitative estimate of drug-likeness (QED) is 0.325. The first-order chi connectivity index (χ1) is 21.5. The van der Waals surface area contributed by atoms with Crippen molar-refractivity contribution in [3.05, 3.63) is 71.0 Å². The third kappa shape index (κ3) is 6.42. The summed E-state index contributed by atoms with van der Waals surface area (Å²) in [5.74, 6) is -2.06. The second kappa shape index (κ2) is 13.4. The predicted octanol–water partition coefficient (Wildman–Crippen LogP) is 4.10. The summed E-state index contributed by atoms with van der Waals surface area (Å²) in [5, 5.41) is 16.3. The first kappa shape index (κ1) is 32.1. The number of hydrogen-bond acceptors (Lipinski definition) is 7. The van der Waals surface area contributed by atoms with Crippen LogP contribution < -0.4 is 15.4 Å². The summed E-state index contributed by atoms with van der Waals surface area (Å²) in [6.45, 7) is 4.84. The first-order valence-electron chi connectivity index (χ1n) is 14.9. The molecule has 0 bridgehead atoms. The zero-order chi connectivity index (χ0) is 32.4. The van der Waals surface area contributed by atoms with E-state index in [-0.39, 0.29) is 25.7 Å². The molecule has 3 aromatic carbocycles. The lowest BCUT2D eigenvalue weighted by Gasteiger charge is -2.33. The molecule has 2 aliphatic rings. The molecule has 5 rings (SSSR count).